The minimum Gasteiger partial charge on any atom is -0.332 e. The number of benzene rings is 4. The number of rotatable bonds is 7. The minimum atomic E-state index is -3.91. The molecule has 35 heavy (non-hydrogen) atoms. The Hall–Kier alpha value is -4.24. The van der Waals surface area contributed by atoms with Gasteiger partial charge in [0.2, 0.25) is 5.91 Å². The highest BCUT2D eigenvalue weighted by atomic mass is 32.2. The third kappa shape index (κ3) is 5.64. The fraction of sp³-hybridized carbons (Fsp3) is 0.0769. The van der Waals surface area contributed by atoms with Crippen molar-refractivity contribution in [3.05, 3.63) is 102 Å². The van der Waals surface area contributed by atoms with Gasteiger partial charge in [-0.1, -0.05) is 36.4 Å². The predicted octanol–water partition coefficient (Wildman–Crippen LogP) is 4.49. The van der Waals surface area contributed by atoms with E-state index in [0.29, 0.717) is 5.69 Å². The lowest BCUT2D eigenvalue weighted by Gasteiger charge is -2.18. The van der Waals surface area contributed by atoms with Crippen molar-refractivity contribution in [2.75, 3.05) is 23.6 Å². The molecular formula is C26H22FN3O4S. The number of sulfonamides is 1. The number of nitrogens with zero attached hydrogens (tertiary/aromatic N) is 1. The van der Waals surface area contributed by atoms with E-state index in [1.807, 2.05) is 36.4 Å². The van der Waals surface area contributed by atoms with E-state index in [4.69, 9.17) is 0 Å². The topological polar surface area (TPSA) is 95.6 Å². The number of hydrogen-bond acceptors (Lipinski definition) is 4. The molecule has 4 aromatic carbocycles. The van der Waals surface area contributed by atoms with E-state index in [1.165, 1.54) is 36.2 Å². The van der Waals surface area contributed by atoms with Crippen molar-refractivity contribution in [2.24, 2.45) is 0 Å². The molecule has 4 rings (SSSR count). The molecule has 0 unspecified atom stereocenters. The molecule has 0 spiro atoms. The van der Waals surface area contributed by atoms with Crippen molar-refractivity contribution < 1.29 is 22.4 Å². The molecule has 4 aromatic rings. The van der Waals surface area contributed by atoms with Crippen molar-refractivity contribution in [1.82, 2.24) is 4.90 Å². The Kier molecular flexibility index (Phi) is 6.79. The summed E-state index contributed by atoms with van der Waals surface area (Å²) in [6.07, 6.45) is 0. The lowest BCUT2D eigenvalue weighted by atomic mass is 10.1. The third-order valence-corrected chi connectivity index (χ3v) is 6.70. The van der Waals surface area contributed by atoms with E-state index in [9.17, 15) is 22.4 Å². The highest BCUT2D eigenvalue weighted by molar-refractivity contribution is 7.92. The Morgan fingerprint density at radius 1 is 0.857 bits per heavy atom. The van der Waals surface area contributed by atoms with Gasteiger partial charge in [-0.3, -0.25) is 14.3 Å². The second kappa shape index (κ2) is 9.94. The Labute approximate surface area is 202 Å². The van der Waals surface area contributed by atoms with Gasteiger partial charge in [0.1, 0.15) is 5.82 Å². The first-order chi connectivity index (χ1) is 16.7. The molecule has 9 heteroatoms. The number of carbonyl (C=O) groups is 2. The largest absolute Gasteiger partial charge is 0.332 e. The van der Waals surface area contributed by atoms with Gasteiger partial charge in [-0.2, -0.15) is 0 Å². The zero-order valence-corrected chi connectivity index (χ0v) is 19.6. The fourth-order valence-electron chi connectivity index (χ4n) is 3.54. The van der Waals surface area contributed by atoms with Crippen LogP contribution in [0.15, 0.2) is 95.9 Å². The van der Waals surface area contributed by atoms with Crippen LogP contribution in [-0.2, 0) is 14.8 Å². The highest BCUT2D eigenvalue weighted by Gasteiger charge is 2.17. The van der Waals surface area contributed by atoms with Crippen LogP contribution in [0.5, 0.6) is 0 Å². The molecule has 0 aliphatic rings. The van der Waals surface area contributed by atoms with Crippen LogP contribution in [-0.4, -0.2) is 38.7 Å². The highest BCUT2D eigenvalue weighted by Crippen LogP contribution is 2.23. The van der Waals surface area contributed by atoms with Crippen LogP contribution in [0.1, 0.15) is 10.4 Å². The van der Waals surface area contributed by atoms with E-state index in [2.05, 4.69) is 10.0 Å². The maximum absolute atomic E-state index is 13.1. The van der Waals surface area contributed by atoms with Gasteiger partial charge in [0, 0.05) is 29.4 Å². The lowest BCUT2D eigenvalue weighted by molar-refractivity contribution is -0.116. The number of halogens is 1. The van der Waals surface area contributed by atoms with Crippen molar-refractivity contribution in [3.8, 4) is 0 Å². The Morgan fingerprint density at radius 3 is 2.23 bits per heavy atom. The first-order valence-corrected chi connectivity index (χ1v) is 12.1. The fourth-order valence-corrected chi connectivity index (χ4v) is 4.60. The van der Waals surface area contributed by atoms with E-state index < -0.39 is 21.7 Å². The predicted molar refractivity (Wildman–Crippen MR) is 133 cm³/mol. The Balaban J connectivity index is 1.39. The molecule has 0 atom stereocenters. The zero-order chi connectivity index (χ0) is 25.0. The summed E-state index contributed by atoms with van der Waals surface area (Å²) in [4.78, 5) is 26.5. The van der Waals surface area contributed by atoms with E-state index in [-0.39, 0.29) is 28.6 Å². The van der Waals surface area contributed by atoms with Crippen LogP contribution in [0.3, 0.4) is 0 Å². The maximum Gasteiger partial charge on any atom is 0.261 e. The Morgan fingerprint density at radius 2 is 1.51 bits per heavy atom. The van der Waals surface area contributed by atoms with Crippen molar-refractivity contribution in [1.29, 1.82) is 0 Å². The average Bonchev–Trinajstić information content (AvgIpc) is 2.84. The standard InChI is InChI=1S/C26H22FN3O4S/c1-30(17-25(31)28-24-8-4-6-18-5-2-3-7-23(18)24)26(32)19-9-13-21(14-10-19)29-35(33,34)22-15-11-20(27)12-16-22/h2-16,29H,17H2,1H3,(H,28,31). The summed E-state index contributed by atoms with van der Waals surface area (Å²) in [5.41, 5.74) is 1.18. The van der Waals surface area contributed by atoms with Gasteiger partial charge in [-0.15, -0.1) is 0 Å². The number of likely N-dealkylation sites (N-methyl/N-ethyl adjacent to an activating group) is 1. The molecule has 0 aliphatic heterocycles. The normalized spacial score (nSPS) is 11.1. The van der Waals surface area contributed by atoms with Crippen molar-refractivity contribution in [2.45, 2.75) is 4.90 Å². The molecule has 0 aliphatic carbocycles. The molecule has 178 valence electrons. The second-order valence-corrected chi connectivity index (χ2v) is 9.56. The maximum atomic E-state index is 13.1. The summed E-state index contributed by atoms with van der Waals surface area (Å²) >= 11 is 0. The number of carbonyl (C=O) groups excluding carboxylic acids is 2. The van der Waals surface area contributed by atoms with Gasteiger partial charge >= 0.3 is 0 Å². The van der Waals surface area contributed by atoms with Crippen LogP contribution in [0, 0.1) is 5.82 Å². The van der Waals surface area contributed by atoms with Gasteiger partial charge in [0.25, 0.3) is 15.9 Å². The van der Waals surface area contributed by atoms with E-state index in [1.54, 1.807) is 6.07 Å². The van der Waals surface area contributed by atoms with Crippen LogP contribution >= 0.6 is 0 Å². The summed E-state index contributed by atoms with van der Waals surface area (Å²) in [6, 6.07) is 23.5. The van der Waals surface area contributed by atoms with Gasteiger partial charge in [-0.05, 0) is 60.0 Å². The van der Waals surface area contributed by atoms with Crippen LogP contribution in [0.4, 0.5) is 15.8 Å². The second-order valence-electron chi connectivity index (χ2n) is 7.87. The van der Waals surface area contributed by atoms with E-state index in [0.717, 1.165) is 35.0 Å². The van der Waals surface area contributed by atoms with Crippen LogP contribution in [0.25, 0.3) is 10.8 Å². The molecule has 0 aromatic heterocycles. The molecule has 2 amide bonds. The van der Waals surface area contributed by atoms with E-state index >= 15 is 0 Å². The monoisotopic (exact) mass is 491 g/mol. The first-order valence-electron chi connectivity index (χ1n) is 10.6. The molecule has 0 saturated heterocycles. The molecule has 0 saturated carbocycles. The molecule has 0 radical (unpaired) electrons. The van der Waals surface area contributed by atoms with Gasteiger partial charge in [0.15, 0.2) is 0 Å². The number of anilines is 2. The summed E-state index contributed by atoms with van der Waals surface area (Å²) in [7, 11) is -2.40. The number of amides is 2. The molecule has 2 N–H and O–H groups in total. The smallest absolute Gasteiger partial charge is 0.261 e. The molecular weight excluding hydrogens is 469 g/mol. The summed E-state index contributed by atoms with van der Waals surface area (Å²) in [6.45, 7) is -0.166. The zero-order valence-electron chi connectivity index (χ0n) is 18.7. The van der Waals surface area contributed by atoms with Crippen molar-refractivity contribution >= 4 is 44.0 Å². The Bertz CT molecular complexity index is 1480. The SMILES string of the molecule is CN(CC(=O)Nc1cccc2ccccc12)C(=O)c1ccc(NS(=O)(=O)c2ccc(F)cc2)cc1. The lowest BCUT2D eigenvalue weighted by Crippen LogP contribution is -2.34. The minimum absolute atomic E-state index is 0.0870. The number of nitrogens with one attached hydrogen (secondary N) is 2. The van der Waals surface area contributed by atoms with Crippen molar-refractivity contribution in [3.63, 3.8) is 0 Å². The van der Waals surface area contributed by atoms with Gasteiger partial charge in [-0.25, -0.2) is 12.8 Å². The third-order valence-electron chi connectivity index (χ3n) is 5.30. The molecule has 0 bridgehead atoms. The number of hydrogen-bond donors (Lipinski definition) is 2. The quantitative estimate of drug-likeness (QED) is 0.398. The van der Waals surface area contributed by atoms with Gasteiger partial charge in [0.05, 0.1) is 11.4 Å². The average molecular weight is 492 g/mol. The summed E-state index contributed by atoms with van der Waals surface area (Å²) in [5, 5.41) is 4.73. The summed E-state index contributed by atoms with van der Waals surface area (Å²) < 4.78 is 40.3. The van der Waals surface area contributed by atoms with Gasteiger partial charge < -0.3 is 10.2 Å². The molecule has 0 fully saturated rings. The summed E-state index contributed by atoms with van der Waals surface area (Å²) in [5.74, 6) is -1.28. The first kappa shape index (κ1) is 23.9. The number of fused-ring (bicyclic) bond motifs is 1. The molecule has 0 heterocycles. The molecule has 7 nitrogen and oxygen atoms in total. The van der Waals surface area contributed by atoms with Crippen LogP contribution < -0.4 is 10.0 Å². The van der Waals surface area contributed by atoms with Crippen LogP contribution in [0.2, 0.25) is 0 Å².